The molecule has 22 heavy (non-hydrogen) atoms. The number of hydrogen-bond acceptors (Lipinski definition) is 8. The summed E-state index contributed by atoms with van der Waals surface area (Å²) in [5.41, 5.74) is 2.68. The zero-order chi connectivity index (χ0) is 16.8. The minimum atomic E-state index is -4.69. The van der Waals surface area contributed by atoms with Crippen LogP contribution in [-0.4, -0.2) is 51.9 Å². The van der Waals surface area contributed by atoms with Gasteiger partial charge in [-0.2, -0.15) is 14.0 Å². The van der Waals surface area contributed by atoms with Gasteiger partial charge >= 0.3 is 0 Å². The Morgan fingerprint density at radius 1 is 1.36 bits per heavy atom. The fourth-order valence-corrected chi connectivity index (χ4v) is 1.68. The van der Waals surface area contributed by atoms with Gasteiger partial charge < -0.3 is 9.88 Å². The number of halogens is 1. The lowest BCUT2D eigenvalue weighted by molar-refractivity contribution is -1.92. The van der Waals surface area contributed by atoms with E-state index in [1.807, 2.05) is 37.5 Å². The first kappa shape index (κ1) is 18.0. The molecule has 2 aromatic heterocycles. The van der Waals surface area contributed by atoms with Crippen LogP contribution >= 0.6 is 0 Å². The third-order valence-electron chi connectivity index (χ3n) is 2.29. The predicted molar refractivity (Wildman–Crippen MR) is 72.2 cm³/mol. The number of aromatic amines is 1. The Bertz CT molecular complexity index is 657. The zero-order valence-corrected chi connectivity index (χ0v) is 13.0. The highest BCUT2D eigenvalue weighted by Gasteiger charge is 2.08. The average molecular weight is 330 g/mol. The Kier molecular flexibility index (Phi) is 6.40. The van der Waals surface area contributed by atoms with Gasteiger partial charge in [-0.15, -0.1) is 0 Å². The molecule has 0 unspecified atom stereocenters. The largest absolute Gasteiger partial charge is 0.383 e. The lowest BCUT2D eigenvalue weighted by atomic mass is 10.1. The van der Waals surface area contributed by atoms with Crippen LogP contribution in [0, 0.1) is 10.2 Å². The maximum Gasteiger partial charge on any atom is 0.141 e. The van der Waals surface area contributed by atoms with Crippen molar-refractivity contribution in [2.75, 3.05) is 21.1 Å². The number of nitrogens with zero attached hydrogens (tertiary/aromatic N) is 4. The number of hydrogen-bond donors (Lipinski definition) is 2. The van der Waals surface area contributed by atoms with Crippen LogP contribution in [0.2, 0.25) is 0 Å². The summed E-state index contributed by atoms with van der Waals surface area (Å²) in [5.74, 6) is 0. The molecule has 0 saturated heterocycles. The van der Waals surface area contributed by atoms with Gasteiger partial charge in [0.25, 0.3) is 0 Å². The molecule has 2 heterocycles. The fourth-order valence-electron chi connectivity index (χ4n) is 1.68. The summed E-state index contributed by atoms with van der Waals surface area (Å²) >= 11 is 0. The van der Waals surface area contributed by atoms with Gasteiger partial charge in [-0.25, -0.2) is 9.97 Å². The van der Waals surface area contributed by atoms with E-state index in [1.165, 1.54) is 0 Å². The quantitative estimate of drug-likeness (QED) is 0.588. The highest BCUT2D eigenvalue weighted by molar-refractivity contribution is 6.13. The predicted octanol–water partition coefficient (Wildman–Crippen LogP) is -2.56. The topological polar surface area (TPSA) is 147 Å². The molecular formula is C12H16ClN5O4. The van der Waals surface area contributed by atoms with Gasteiger partial charge in [-0.1, -0.05) is 0 Å². The van der Waals surface area contributed by atoms with Crippen molar-refractivity contribution >= 4 is 22.8 Å². The highest BCUT2D eigenvalue weighted by atomic mass is 35.7. The summed E-state index contributed by atoms with van der Waals surface area (Å²) in [6.45, 7) is 0. The lowest BCUT2D eigenvalue weighted by Crippen LogP contribution is -2.58. The Labute approximate surface area is 129 Å². The Hall–Kier alpha value is -2.04. The molecule has 0 aliphatic carbocycles. The number of rotatable bonds is 3. The van der Waals surface area contributed by atoms with Gasteiger partial charge in [-0.3, -0.25) is 4.99 Å². The van der Waals surface area contributed by atoms with E-state index in [2.05, 4.69) is 19.9 Å². The monoisotopic (exact) mass is 329 g/mol. The van der Waals surface area contributed by atoms with Crippen LogP contribution in [0.3, 0.4) is 0 Å². The lowest BCUT2D eigenvalue weighted by Gasteiger charge is -2.08. The maximum absolute atomic E-state index is 8.60. The van der Waals surface area contributed by atoms with E-state index in [9.17, 15) is 0 Å². The van der Waals surface area contributed by atoms with Gasteiger partial charge in [0.15, 0.2) is 0 Å². The molecule has 0 aliphatic heterocycles. The second-order valence-electron chi connectivity index (χ2n) is 4.29. The first-order valence-corrected chi connectivity index (χ1v) is 7.21. The van der Waals surface area contributed by atoms with Crippen molar-refractivity contribution in [3.8, 4) is 0 Å². The summed E-state index contributed by atoms with van der Waals surface area (Å²) < 4.78 is 32.7. The summed E-state index contributed by atoms with van der Waals surface area (Å²) in [5, 5.41) is 1.00. The van der Waals surface area contributed by atoms with Gasteiger partial charge in [0.05, 0.1) is 20.6 Å². The normalized spacial score (nSPS) is 12.4. The van der Waals surface area contributed by atoms with Crippen LogP contribution in [0.15, 0.2) is 29.8 Å². The number of aliphatic imine (C=N–C) groups is 1. The van der Waals surface area contributed by atoms with Gasteiger partial charge in [0, 0.05) is 50.7 Å². The molecule has 0 aromatic carbocycles. The van der Waals surface area contributed by atoms with E-state index in [1.54, 1.807) is 19.6 Å². The molecule has 2 aromatic rings. The van der Waals surface area contributed by atoms with Crippen LogP contribution < -0.4 is 14.0 Å². The van der Waals surface area contributed by atoms with E-state index in [-0.39, 0.29) is 0 Å². The van der Waals surface area contributed by atoms with Gasteiger partial charge in [0.1, 0.15) is 12.0 Å². The zero-order valence-electron chi connectivity index (χ0n) is 12.2. The molecule has 0 spiro atoms. The first-order chi connectivity index (χ1) is 10.2. The van der Waals surface area contributed by atoms with Crippen molar-refractivity contribution in [1.29, 1.82) is 0 Å². The summed E-state index contributed by atoms with van der Waals surface area (Å²) in [4.78, 5) is 17.6. The minimum Gasteiger partial charge on any atom is -0.383 e. The summed E-state index contributed by atoms with van der Waals surface area (Å²) in [7, 11) is 0.997. The van der Waals surface area contributed by atoms with Crippen molar-refractivity contribution in [3.05, 3.63) is 30.5 Å². The van der Waals surface area contributed by atoms with E-state index >= 15 is 0 Å². The van der Waals surface area contributed by atoms with Crippen molar-refractivity contribution in [1.82, 2.24) is 19.9 Å². The molecule has 0 saturated carbocycles. The molecule has 120 valence electrons. The standard InChI is InChI=1S/C12H15N5.ClHO4/c1-13-6-9(7-17(2)3)11-10-4-5-14-12(10)16-8-15-11;2-1(3,4)5/h4-8H,1-3H3,(H,14,15,16);(H,2,3,4,5)/b9-7+,13-6+;. The van der Waals surface area contributed by atoms with E-state index in [0.717, 1.165) is 22.3 Å². The van der Waals surface area contributed by atoms with Crippen molar-refractivity contribution in [2.45, 2.75) is 0 Å². The maximum atomic E-state index is 8.60. The molecule has 0 atom stereocenters. The molecule has 0 aliphatic rings. The molecule has 2 rings (SSSR count). The third kappa shape index (κ3) is 6.16. The first-order valence-electron chi connectivity index (χ1n) is 5.94. The molecule has 0 radical (unpaired) electrons. The van der Waals surface area contributed by atoms with Crippen LogP contribution in [0.5, 0.6) is 0 Å². The Balaban J connectivity index is 0.000000422. The molecule has 0 fully saturated rings. The molecule has 10 heteroatoms. The number of fused-ring (bicyclic) bond motifs is 1. The van der Waals surface area contributed by atoms with Gasteiger partial charge in [-0.05, 0) is 6.07 Å². The van der Waals surface area contributed by atoms with Crippen molar-refractivity contribution in [3.63, 3.8) is 0 Å². The third-order valence-corrected chi connectivity index (χ3v) is 2.29. The fraction of sp³-hybridized carbons (Fsp3) is 0.250. The Morgan fingerprint density at radius 3 is 2.55 bits per heavy atom. The smallest absolute Gasteiger partial charge is 0.141 e. The number of nitrogens with one attached hydrogen (secondary N) is 1. The average Bonchev–Trinajstić information content (AvgIpc) is 2.83. The summed E-state index contributed by atoms with van der Waals surface area (Å²) in [6, 6.07) is 1.97. The van der Waals surface area contributed by atoms with Crippen LogP contribution in [0.4, 0.5) is 0 Å². The second-order valence-corrected chi connectivity index (χ2v) is 5.09. The van der Waals surface area contributed by atoms with E-state index in [0.29, 0.717) is 0 Å². The van der Waals surface area contributed by atoms with Crippen molar-refractivity contribution < 1.29 is 28.9 Å². The SMILES string of the molecule is C/N=C/C(=C\N(C)C)c1ncnc2[nH]ccc12.[O-][Cl+3]([O-])([O-])O. The van der Waals surface area contributed by atoms with Crippen molar-refractivity contribution in [2.24, 2.45) is 4.99 Å². The number of H-pyrrole nitrogens is 1. The van der Waals surface area contributed by atoms with Gasteiger partial charge in [0.2, 0.25) is 0 Å². The number of aromatic nitrogens is 3. The summed E-state index contributed by atoms with van der Waals surface area (Å²) in [6.07, 6.45) is 7.21. The van der Waals surface area contributed by atoms with E-state index < -0.39 is 10.2 Å². The Morgan fingerprint density at radius 2 is 2.00 bits per heavy atom. The van der Waals surface area contributed by atoms with Crippen LogP contribution in [0.25, 0.3) is 16.6 Å². The minimum absolute atomic E-state index is 0.837. The molecule has 0 bridgehead atoms. The number of allylic oxidation sites excluding steroid dienone is 1. The molecule has 0 amide bonds. The van der Waals surface area contributed by atoms with E-state index in [4.69, 9.17) is 18.6 Å². The van der Waals surface area contributed by atoms with Crippen LogP contribution in [-0.2, 0) is 0 Å². The molecular weight excluding hydrogens is 314 g/mol. The second kappa shape index (κ2) is 7.82. The molecule has 2 N–H and O–H groups in total. The highest BCUT2D eigenvalue weighted by Crippen LogP contribution is 2.19. The molecule has 9 nitrogen and oxygen atoms in total. The van der Waals surface area contributed by atoms with Crippen LogP contribution in [0.1, 0.15) is 5.69 Å².